The molecular formula is C18H30N2O. The van der Waals surface area contributed by atoms with E-state index in [1.807, 2.05) is 18.2 Å². The van der Waals surface area contributed by atoms with Crippen molar-refractivity contribution in [3.8, 4) is 0 Å². The summed E-state index contributed by atoms with van der Waals surface area (Å²) < 4.78 is 0. The Morgan fingerprint density at radius 1 is 1.10 bits per heavy atom. The molecule has 0 radical (unpaired) electrons. The zero-order chi connectivity index (χ0) is 15.5. The Morgan fingerprint density at radius 3 is 2.52 bits per heavy atom. The van der Waals surface area contributed by atoms with E-state index in [1.165, 1.54) is 31.2 Å². The molecule has 0 aliphatic rings. The van der Waals surface area contributed by atoms with Crippen molar-refractivity contribution < 1.29 is 4.79 Å². The van der Waals surface area contributed by atoms with Crippen LogP contribution in [0.25, 0.3) is 0 Å². The van der Waals surface area contributed by atoms with Gasteiger partial charge < -0.3 is 10.6 Å². The summed E-state index contributed by atoms with van der Waals surface area (Å²) in [5.74, 6) is 0.449. The lowest BCUT2D eigenvalue weighted by molar-refractivity contribution is -0.115. The van der Waals surface area contributed by atoms with Crippen LogP contribution in [0.15, 0.2) is 24.3 Å². The van der Waals surface area contributed by atoms with Crippen molar-refractivity contribution in [2.24, 2.45) is 0 Å². The van der Waals surface area contributed by atoms with E-state index in [1.54, 1.807) is 0 Å². The van der Waals surface area contributed by atoms with Crippen molar-refractivity contribution in [2.75, 3.05) is 18.4 Å². The Balaban J connectivity index is 2.25. The summed E-state index contributed by atoms with van der Waals surface area (Å²) in [6.07, 6.45) is 6.28. The Hall–Kier alpha value is -1.35. The zero-order valence-corrected chi connectivity index (χ0v) is 13.7. The summed E-state index contributed by atoms with van der Waals surface area (Å²) in [4.78, 5) is 11.9. The van der Waals surface area contributed by atoms with E-state index >= 15 is 0 Å². The normalized spacial score (nSPS) is 10.9. The first kappa shape index (κ1) is 17.7. The van der Waals surface area contributed by atoms with E-state index in [-0.39, 0.29) is 5.91 Å². The minimum absolute atomic E-state index is 0.0386. The second-order valence-corrected chi connectivity index (χ2v) is 5.88. The molecule has 0 fully saturated rings. The van der Waals surface area contributed by atoms with Gasteiger partial charge in [0.25, 0.3) is 0 Å². The van der Waals surface area contributed by atoms with Gasteiger partial charge in [-0.2, -0.15) is 0 Å². The van der Waals surface area contributed by atoms with Crippen LogP contribution in [-0.2, 0) is 4.79 Å². The summed E-state index contributed by atoms with van der Waals surface area (Å²) in [6, 6.07) is 8.02. The molecule has 0 saturated carbocycles. The summed E-state index contributed by atoms with van der Waals surface area (Å²) in [6.45, 7) is 7.81. The molecule has 1 aromatic carbocycles. The summed E-state index contributed by atoms with van der Waals surface area (Å²) in [7, 11) is 0. The number of benzene rings is 1. The number of unbranched alkanes of at least 4 members (excludes halogenated alkanes) is 4. The molecule has 0 aromatic heterocycles. The van der Waals surface area contributed by atoms with Gasteiger partial charge in [-0.25, -0.2) is 0 Å². The van der Waals surface area contributed by atoms with Crippen LogP contribution < -0.4 is 10.6 Å². The predicted octanol–water partition coefficient (Wildman–Crippen LogP) is 4.31. The van der Waals surface area contributed by atoms with Crippen LogP contribution >= 0.6 is 0 Å². The maximum Gasteiger partial charge on any atom is 0.238 e. The maximum atomic E-state index is 11.9. The highest BCUT2D eigenvalue weighted by Gasteiger charge is 2.08. The van der Waals surface area contributed by atoms with Crippen molar-refractivity contribution in [3.05, 3.63) is 29.8 Å². The van der Waals surface area contributed by atoms with Gasteiger partial charge >= 0.3 is 0 Å². The molecule has 0 atom stereocenters. The average Bonchev–Trinajstić information content (AvgIpc) is 2.46. The van der Waals surface area contributed by atoms with Crippen molar-refractivity contribution in [2.45, 2.75) is 58.8 Å². The number of nitrogens with one attached hydrogen (secondary N) is 2. The van der Waals surface area contributed by atoms with E-state index in [0.717, 1.165) is 18.7 Å². The molecule has 0 unspecified atom stereocenters. The third-order valence-corrected chi connectivity index (χ3v) is 3.60. The smallest absolute Gasteiger partial charge is 0.238 e. The molecule has 21 heavy (non-hydrogen) atoms. The third-order valence-electron chi connectivity index (χ3n) is 3.60. The SMILES string of the molecule is CCCCCCCNCC(=O)Nc1ccccc1C(C)C. The molecule has 2 N–H and O–H groups in total. The minimum atomic E-state index is 0.0386. The van der Waals surface area contributed by atoms with Gasteiger partial charge in [0.15, 0.2) is 0 Å². The van der Waals surface area contributed by atoms with E-state index < -0.39 is 0 Å². The van der Waals surface area contributed by atoms with Crippen LogP contribution in [-0.4, -0.2) is 19.0 Å². The number of para-hydroxylation sites is 1. The van der Waals surface area contributed by atoms with Crippen molar-refractivity contribution in [3.63, 3.8) is 0 Å². The summed E-state index contributed by atoms with van der Waals surface area (Å²) in [5, 5.41) is 6.22. The van der Waals surface area contributed by atoms with Gasteiger partial charge in [0, 0.05) is 5.69 Å². The fraction of sp³-hybridized carbons (Fsp3) is 0.611. The number of carbonyl (C=O) groups is 1. The summed E-state index contributed by atoms with van der Waals surface area (Å²) >= 11 is 0. The number of rotatable bonds is 10. The lowest BCUT2D eigenvalue weighted by Crippen LogP contribution is -2.29. The molecule has 0 bridgehead atoms. The highest BCUT2D eigenvalue weighted by atomic mass is 16.1. The van der Waals surface area contributed by atoms with E-state index in [0.29, 0.717) is 12.5 Å². The lowest BCUT2D eigenvalue weighted by atomic mass is 10.0. The molecule has 118 valence electrons. The first-order valence-corrected chi connectivity index (χ1v) is 8.24. The molecule has 0 aliphatic heterocycles. The monoisotopic (exact) mass is 290 g/mol. The maximum absolute atomic E-state index is 11.9. The van der Waals surface area contributed by atoms with Crippen molar-refractivity contribution >= 4 is 11.6 Å². The molecule has 0 spiro atoms. The van der Waals surface area contributed by atoms with Gasteiger partial charge in [-0.1, -0.05) is 64.7 Å². The molecule has 3 nitrogen and oxygen atoms in total. The predicted molar refractivity (Wildman–Crippen MR) is 90.8 cm³/mol. The molecule has 3 heteroatoms. The molecule has 0 aliphatic carbocycles. The van der Waals surface area contributed by atoms with Crippen molar-refractivity contribution in [1.82, 2.24) is 5.32 Å². The highest BCUT2D eigenvalue weighted by molar-refractivity contribution is 5.93. The topological polar surface area (TPSA) is 41.1 Å². The van der Waals surface area contributed by atoms with Gasteiger partial charge in [0.2, 0.25) is 5.91 Å². The molecular weight excluding hydrogens is 260 g/mol. The lowest BCUT2D eigenvalue weighted by Gasteiger charge is -2.13. The highest BCUT2D eigenvalue weighted by Crippen LogP contribution is 2.23. The number of amides is 1. The van der Waals surface area contributed by atoms with Crippen molar-refractivity contribution in [1.29, 1.82) is 0 Å². The van der Waals surface area contributed by atoms with Gasteiger partial charge in [-0.15, -0.1) is 0 Å². The number of hydrogen-bond donors (Lipinski definition) is 2. The zero-order valence-electron chi connectivity index (χ0n) is 13.7. The molecule has 1 amide bonds. The van der Waals surface area contributed by atoms with Gasteiger partial charge in [0.1, 0.15) is 0 Å². The Bertz CT molecular complexity index is 415. The quantitative estimate of drug-likeness (QED) is 0.630. The van der Waals surface area contributed by atoms with Crippen LogP contribution in [0.4, 0.5) is 5.69 Å². The number of hydrogen-bond acceptors (Lipinski definition) is 2. The average molecular weight is 290 g/mol. The van der Waals surface area contributed by atoms with Gasteiger partial charge in [-0.3, -0.25) is 4.79 Å². The molecule has 0 heterocycles. The van der Waals surface area contributed by atoms with Gasteiger partial charge in [0.05, 0.1) is 6.54 Å². The second kappa shape index (κ2) is 10.4. The van der Waals surface area contributed by atoms with Crippen LogP contribution in [0.2, 0.25) is 0 Å². The van der Waals surface area contributed by atoms with Crippen LogP contribution in [0.5, 0.6) is 0 Å². The fourth-order valence-corrected chi connectivity index (χ4v) is 2.36. The first-order chi connectivity index (χ1) is 10.1. The van der Waals surface area contributed by atoms with E-state index in [4.69, 9.17) is 0 Å². The minimum Gasteiger partial charge on any atom is -0.325 e. The van der Waals surface area contributed by atoms with Crippen LogP contribution in [0, 0.1) is 0 Å². The molecule has 1 rings (SSSR count). The van der Waals surface area contributed by atoms with Gasteiger partial charge in [-0.05, 0) is 30.5 Å². The fourth-order valence-electron chi connectivity index (χ4n) is 2.36. The van der Waals surface area contributed by atoms with E-state index in [2.05, 4.69) is 37.5 Å². The Morgan fingerprint density at radius 2 is 1.81 bits per heavy atom. The standard InChI is InChI=1S/C18H30N2O/c1-4-5-6-7-10-13-19-14-18(21)20-17-12-9-8-11-16(17)15(2)3/h8-9,11-12,15,19H,4-7,10,13-14H2,1-3H3,(H,20,21). The number of anilines is 1. The second-order valence-electron chi connectivity index (χ2n) is 5.88. The van der Waals surface area contributed by atoms with Crippen LogP contribution in [0.3, 0.4) is 0 Å². The summed E-state index contributed by atoms with van der Waals surface area (Å²) in [5.41, 5.74) is 2.12. The van der Waals surface area contributed by atoms with E-state index in [9.17, 15) is 4.79 Å². The van der Waals surface area contributed by atoms with Crippen LogP contribution in [0.1, 0.15) is 64.4 Å². The number of carbonyl (C=O) groups excluding carboxylic acids is 1. The molecule has 0 saturated heterocycles. The largest absolute Gasteiger partial charge is 0.325 e. The third kappa shape index (κ3) is 7.28. The Kier molecular flexibility index (Phi) is 8.76. The Labute approximate surface area is 129 Å². The first-order valence-electron chi connectivity index (χ1n) is 8.24. The molecule has 1 aromatic rings.